The molecule has 11 heavy (non-hydrogen) atoms. The summed E-state index contributed by atoms with van der Waals surface area (Å²) in [6.45, 7) is 4.27. The fraction of sp³-hybridized carbons (Fsp3) is 0.500. The predicted molar refractivity (Wildman–Crippen MR) is 53.8 cm³/mol. The van der Waals surface area contributed by atoms with Crippen LogP contribution in [0.4, 0.5) is 0 Å². The molecule has 0 amide bonds. The molecule has 0 spiro atoms. The van der Waals surface area contributed by atoms with Crippen molar-refractivity contribution in [1.82, 2.24) is 0 Å². The molecule has 1 heterocycles. The first-order valence-corrected chi connectivity index (χ1v) is 5.28. The number of hydrogen-bond donors (Lipinski definition) is 1. The Hall–Kier alpha value is 0.140. The molecule has 2 N–H and O–H groups in total. The van der Waals surface area contributed by atoms with Crippen molar-refractivity contribution in [3.05, 3.63) is 20.8 Å². The van der Waals surface area contributed by atoms with Gasteiger partial charge in [0.25, 0.3) is 0 Å². The number of halogens is 1. The van der Waals surface area contributed by atoms with E-state index in [1.165, 1.54) is 9.35 Å². The summed E-state index contributed by atoms with van der Waals surface area (Å²) in [5.41, 5.74) is 7.19. The molecule has 3 heteroatoms. The van der Waals surface area contributed by atoms with Crippen molar-refractivity contribution in [2.24, 2.45) is 11.7 Å². The first-order chi connectivity index (χ1) is 5.13. The highest BCUT2D eigenvalue weighted by Crippen LogP contribution is 2.30. The van der Waals surface area contributed by atoms with Gasteiger partial charge >= 0.3 is 0 Å². The Morgan fingerprint density at radius 2 is 2.18 bits per heavy atom. The Bertz CT molecular complexity index is 232. The van der Waals surface area contributed by atoms with E-state index >= 15 is 0 Å². The van der Waals surface area contributed by atoms with Crippen molar-refractivity contribution >= 4 is 27.3 Å². The number of hydrogen-bond acceptors (Lipinski definition) is 2. The van der Waals surface area contributed by atoms with Crippen LogP contribution in [0.3, 0.4) is 0 Å². The standard InChI is InChI=1S/C8H12BrNS/c1-5(2)7(10)6-3-4-11-8(6)9/h3-5,7H,10H2,1-2H3. The van der Waals surface area contributed by atoms with Crippen LogP contribution in [0.15, 0.2) is 15.2 Å². The van der Waals surface area contributed by atoms with Crippen LogP contribution >= 0.6 is 27.3 Å². The minimum Gasteiger partial charge on any atom is -0.324 e. The third-order valence-electron chi connectivity index (χ3n) is 1.72. The minimum absolute atomic E-state index is 0.163. The third kappa shape index (κ3) is 2.04. The van der Waals surface area contributed by atoms with Gasteiger partial charge in [-0.05, 0) is 38.9 Å². The normalized spacial score (nSPS) is 13.9. The van der Waals surface area contributed by atoms with E-state index in [1.807, 2.05) is 0 Å². The van der Waals surface area contributed by atoms with Gasteiger partial charge < -0.3 is 5.73 Å². The van der Waals surface area contributed by atoms with Crippen LogP contribution in [-0.2, 0) is 0 Å². The van der Waals surface area contributed by atoms with Crippen LogP contribution in [-0.4, -0.2) is 0 Å². The molecule has 1 atom stereocenters. The van der Waals surface area contributed by atoms with Crippen LogP contribution in [0.1, 0.15) is 25.5 Å². The van der Waals surface area contributed by atoms with Crippen LogP contribution in [0.2, 0.25) is 0 Å². The van der Waals surface area contributed by atoms with E-state index in [1.54, 1.807) is 11.3 Å². The summed E-state index contributed by atoms with van der Waals surface area (Å²) in [6, 6.07) is 2.25. The summed E-state index contributed by atoms with van der Waals surface area (Å²) >= 11 is 5.16. The second-order valence-corrected chi connectivity index (χ2v) is 5.15. The van der Waals surface area contributed by atoms with Crippen LogP contribution < -0.4 is 5.73 Å². The molecule has 0 bridgehead atoms. The van der Waals surface area contributed by atoms with Gasteiger partial charge in [0.15, 0.2) is 0 Å². The maximum atomic E-state index is 5.96. The zero-order valence-corrected chi connectivity index (χ0v) is 9.08. The van der Waals surface area contributed by atoms with E-state index in [-0.39, 0.29) is 6.04 Å². The molecule has 1 unspecified atom stereocenters. The van der Waals surface area contributed by atoms with Crippen LogP contribution in [0.5, 0.6) is 0 Å². The molecule has 0 radical (unpaired) electrons. The van der Waals surface area contributed by atoms with E-state index in [9.17, 15) is 0 Å². The average Bonchev–Trinajstić information content (AvgIpc) is 2.33. The molecular weight excluding hydrogens is 222 g/mol. The highest BCUT2D eigenvalue weighted by Gasteiger charge is 2.13. The first-order valence-electron chi connectivity index (χ1n) is 3.61. The quantitative estimate of drug-likeness (QED) is 0.835. The summed E-state index contributed by atoms with van der Waals surface area (Å²) in [4.78, 5) is 0. The molecule has 1 aromatic heterocycles. The van der Waals surface area contributed by atoms with Crippen molar-refractivity contribution in [3.63, 3.8) is 0 Å². The molecule has 1 nitrogen and oxygen atoms in total. The summed E-state index contributed by atoms with van der Waals surface area (Å²) in [7, 11) is 0. The fourth-order valence-corrected chi connectivity index (χ4v) is 2.30. The van der Waals surface area contributed by atoms with E-state index in [0.717, 1.165) is 0 Å². The van der Waals surface area contributed by atoms with Gasteiger partial charge in [-0.2, -0.15) is 0 Å². The van der Waals surface area contributed by atoms with Gasteiger partial charge in [-0.25, -0.2) is 0 Å². The zero-order chi connectivity index (χ0) is 8.43. The van der Waals surface area contributed by atoms with Gasteiger partial charge in [0, 0.05) is 6.04 Å². The molecule has 0 saturated heterocycles. The number of thiophene rings is 1. The van der Waals surface area contributed by atoms with E-state index in [4.69, 9.17) is 5.73 Å². The molecule has 0 aliphatic carbocycles. The van der Waals surface area contributed by atoms with Crippen molar-refractivity contribution in [1.29, 1.82) is 0 Å². The minimum atomic E-state index is 0.163. The molecule has 0 fully saturated rings. The third-order valence-corrected chi connectivity index (χ3v) is 3.46. The first kappa shape index (κ1) is 9.23. The lowest BCUT2D eigenvalue weighted by atomic mass is 10.00. The SMILES string of the molecule is CC(C)C(N)c1ccsc1Br. The maximum Gasteiger partial charge on any atom is 0.0746 e. The van der Waals surface area contributed by atoms with Gasteiger partial charge in [0.2, 0.25) is 0 Å². The Balaban J connectivity index is 2.84. The van der Waals surface area contributed by atoms with Gasteiger partial charge in [-0.15, -0.1) is 11.3 Å². The summed E-state index contributed by atoms with van der Waals surface area (Å²) in [5, 5.41) is 2.06. The van der Waals surface area contributed by atoms with Crippen LogP contribution in [0, 0.1) is 5.92 Å². The van der Waals surface area contributed by atoms with Gasteiger partial charge in [0.05, 0.1) is 3.79 Å². The predicted octanol–water partition coefficient (Wildman–Crippen LogP) is 3.17. The summed E-state index contributed by atoms with van der Waals surface area (Å²) in [5.74, 6) is 0.501. The Morgan fingerprint density at radius 3 is 2.55 bits per heavy atom. The van der Waals surface area contributed by atoms with Crippen molar-refractivity contribution in [3.8, 4) is 0 Å². The largest absolute Gasteiger partial charge is 0.324 e. The smallest absolute Gasteiger partial charge is 0.0746 e. The lowest BCUT2D eigenvalue weighted by Crippen LogP contribution is -2.16. The van der Waals surface area contributed by atoms with Gasteiger partial charge in [0.1, 0.15) is 0 Å². The molecule has 0 aliphatic heterocycles. The highest BCUT2D eigenvalue weighted by atomic mass is 79.9. The Morgan fingerprint density at radius 1 is 1.55 bits per heavy atom. The Labute approximate surface area is 79.7 Å². The Kier molecular flexibility index (Phi) is 3.10. The highest BCUT2D eigenvalue weighted by molar-refractivity contribution is 9.11. The second kappa shape index (κ2) is 3.70. The molecule has 1 aromatic rings. The average molecular weight is 234 g/mol. The molecular formula is C8H12BrNS. The van der Waals surface area contributed by atoms with E-state index in [0.29, 0.717) is 5.92 Å². The molecule has 0 aliphatic rings. The second-order valence-electron chi connectivity index (χ2n) is 2.92. The lowest BCUT2D eigenvalue weighted by Gasteiger charge is -2.14. The topological polar surface area (TPSA) is 26.0 Å². The fourth-order valence-electron chi connectivity index (χ4n) is 0.902. The maximum absolute atomic E-state index is 5.96. The van der Waals surface area contributed by atoms with Crippen LogP contribution in [0.25, 0.3) is 0 Å². The number of nitrogens with two attached hydrogens (primary N) is 1. The van der Waals surface area contributed by atoms with E-state index in [2.05, 4.69) is 41.2 Å². The number of rotatable bonds is 2. The molecule has 1 rings (SSSR count). The van der Waals surface area contributed by atoms with Crippen molar-refractivity contribution in [2.45, 2.75) is 19.9 Å². The van der Waals surface area contributed by atoms with Gasteiger partial charge in [-0.1, -0.05) is 13.8 Å². The van der Waals surface area contributed by atoms with Crippen molar-refractivity contribution < 1.29 is 0 Å². The molecule has 0 aromatic carbocycles. The molecule has 62 valence electrons. The monoisotopic (exact) mass is 233 g/mol. The van der Waals surface area contributed by atoms with Crippen molar-refractivity contribution in [2.75, 3.05) is 0 Å². The van der Waals surface area contributed by atoms with E-state index < -0.39 is 0 Å². The zero-order valence-electron chi connectivity index (χ0n) is 6.67. The summed E-state index contributed by atoms with van der Waals surface area (Å²) < 4.78 is 1.17. The lowest BCUT2D eigenvalue weighted by molar-refractivity contribution is 0.514. The van der Waals surface area contributed by atoms with Gasteiger partial charge in [-0.3, -0.25) is 0 Å². The molecule has 0 saturated carbocycles. The summed E-state index contributed by atoms with van der Waals surface area (Å²) in [6.07, 6.45) is 0.